The summed E-state index contributed by atoms with van der Waals surface area (Å²) in [4.78, 5) is 0. The number of aromatic hydroxyl groups is 2. The molecule has 0 radical (unpaired) electrons. The average Bonchev–Trinajstić information content (AvgIpc) is 2.22. The van der Waals surface area contributed by atoms with E-state index in [4.69, 9.17) is 27.6 Å². The zero-order valence-corrected chi connectivity index (χ0v) is 7.91. The summed E-state index contributed by atoms with van der Waals surface area (Å²) in [6, 6.07) is 6.15. The molecule has 0 aliphatic carbocycles. The van der Waals surface area contributed by atoms with Crippen LogP contribution in [0.25, 0.3) is 0 Å². The Morgan fingerprint density at radius 3 is 1.67 bits per heavy atom. The molecule has 1 aromatic carbocycles. The molecule has 0 unspecified atom stereocenters. The Labute approximate surface area is 86.3 Å². The summed E-state index contributed by atoms with van der Waals surface area (Å²) in [5.74, 6) is 14.0. The SMILES string of the molecule is NN=C(N)N(N)N.Oc1ccccc1O. The topological polar surface area (TPSA) is 160 Å². The van der Waals surface area contributed by atoms with Crippen molar-refractivity contribution in [2.75, 3.05) is 0 Å². The van der Waals surface area contributed by atoms with Crippen LogP contribution in [0.1, 0.15) is 0 Å². The number of guanidine groups is 1. The molecule has 8 nitrogen and oxygen atoms in total. The van der Waals surface area contributed by atoms with Gasteiger partial charge >= 0.3 is 0 Å². The van der Waals surface area contributed by atoms with Crippen molar-refractivity contribution in [1.29, 1.82) is 0 Å². The molecule has 0 spiro atoms. The monoisotopic (exact) mass is 214 g/mol. The third-order valence-corrected chi connectivity index (χ3v) is 1.28. The van der Waals surface area contributed by atoms with Gasteiger partial charge in [-0.2, -0.15) is 0 Å². The zero-order valence-electron chi connectivity index (χ0n) is 7.91. The molecule has 10 N–H and O–H groups in total. The van der Waals surface area contributed by atoms with Gasteiger partial charge in [0.25, 0.3) is 0 Å². The molecule has 0 aromatic heterocycles. The fraction of sp³-hybridized carbons (Fsp3) is 0. The maximum atomic E-state index is 8.67. The van der Waals surface area contributed by atoms with Gasteiger partial charge in [0.2, 0.25) is 5.96 Å². The van der Waals surface area contributed by atoms with Crippen LogP contribution in [0.3, 0.4) is 0 Å². The highest BCUT2D eigenvalue weighted by molar-refractivity contribution is 5.76. The molecule has 0 heterocycles. The highest BCUT2D eigenvalue weighted by Crippen LogP contribution is 2.21. The van der Waals surface area contributed by atoms with Crippen LogP contribution in [0, 0.1) is 0 Å². The van der Waals surface area contributed by atoms with Gasteiger partial charge in [-0.05, 0) is 12.1 Å². The summed E-state index contributed by atoms with van der Waals surface area (Å²) >= 11 is 0. The standard InChI is InChI=1S/C6H6O2.CH8N6/c7-5-3-1-2-4-6(5)8;2-1(6-3)7(4)5/h1-4,7-8H;3-5H2,(H2,2,6). The summed E-state index contributed by atoms with van der Waals surface area (Å²) < 4.78 is 0. The van der Waals surface area contributed by atoms with E-state index in [0.29, 0.717) is 5.12 Å². The Bertz CT molecular complexity index is 306. The van der Waals surface area contributed by atoms with Crippen molar-refractivity contribution < 1.29 is 10.2 Å². The number of phenolic OH excluding ortho intramolecular Hbond substituents is 2. The molecule has 1 aromatic rings. The first-order valence-corrected chi connectivity index (χ1v) is 3.79. The molecule has 0 bridgehead atoms. The zero-order chi connectivity index (χ0) is 11.8. The fourth-order valence-electron chi connectivity index (χ4n) is 0.531. The quantitative estimate of drug-likeness (QED) is 0.0988. The lowest BCUT2D eigenvalue weighted by Crippen LogP contribution is -2.48. The van der Waals surface area contributed by atoms with E-state index in [0.717, 1.165) is 0 Å². The molecule has 84 valence electrons. The number of nitrogens with zero attached hydrogens (tertiary/aromatic N) is 2. The number of hydrazone groups is 1. The van der Waals surface area contributed by atoms with Gasteiger partial charge in [0, 0.05) is 0 Å². The lowest BCUT2D eigenvalue weighted by molar-refractivity contribution is 0.404. The minimum Gasteiger partial charge on any atom is -0.504 e. The molecule has 15 heavy (non-hydrogen) atoms. The van der Waals surface area contributed by atoms with Gasteiger partial charge in [-0.25, -0.2) is 16.8 Å². The third kappa shape index (κ3) is 5.18. The minimum atomic E-state index is -0.111. The summed E-state index contributed by atoms with van der Waals surface area (Å²) in [5, 5.41) is 20.9. The Morgan fingerprint density at radius 1 is 1.13 bits per heavy atom. The first-order chi connectivity index (χ1) is 6.99. The van der Waals surface area contributed by atoms with Gasteiger partial charge in [-0.1, -0.05) is 12.1 Å². The van der Waals surface area contributed by atoms with E-state index in [1.165, 1.54) is 12.1 Å². The number of hydrogen-bond acceptors (Lipinski definition) is 6. The number of rotatable bonds is 0. The summed E-state index contributed by atoms with van der Waals surface area (Å²) in [6.07, 6.45) is 0. The molecule has 0 atom stereocenters. The molecular weight excluding hydrogens is 200 g/mol. The number of hydrazine groups is 2. The van der Waals surface area contributed by atoms with E-state index in [1.807, 2.05) is 0 Å². The molecule has 1 rings (SSSR count). The van der Waals surface area contributed by atoms with Crippen molar-refractivity contribution in [2.24, 2.45) is 28.4 Å². The van der Waals surface area contributed by atoms with Crippen molar-refractivity contribution in [2.45, 2.75) is 0 Å². The molecular formula is C7H14N6O2. The highest BCUT2D eigenvalue weighted by Gasteiger charge is 1.90. The van der Waals surface area contributed by atoms with Crippen molar-refractivity contribution in [3.63, 3.8) is 0 Å². The molecule has 0 saturated heterocycles. The van der Waals surface area contributed by atoms with E-state index in [-0.39, 0.29) is 17.5 Å². The van der Waals surface area contributed by atoms with Gasteiger partial charge in [-0.15, -0.1) is 5.10 Å². The number of phenols is 2. The lowest BCUT2D eigenvalue weighted by atomic mass is 10.3. The number of hydrogen-bond donors (Lipinski definition) is 6. The van der Waals surface area contributed by atoms with Crippen LogP contribution in [0.5, 0.6) is 11.5 Å². The van der Waals surface area contributed by atoms with Crippen LogP contribution >= 0.6 is 0 Å². The second kappa shape index (κ2) is 6.29. The van der Waals surface area contributed by atoms with E-state index in [9.17, 15) is 0 Å². The number of nitrogens with two attached hydrogens (primary N) is 4. The van der Waals surface area contributed by atoms with Gasteiger partial charge in [-0.3, -0.25) is 0 Å². The second-order valence-electron chi connectivity index (χ2n) is 2.38. The van der Waals surface area contributed by atoms with E-state index in [1.54, 1.807) is 12.1 Å². The largest absolute Gasteiger partial charge is 0.504 e. The van der Waals surface area contributed by atoms with Gasteiger partial charge in [0.1, 0.15) is 0 Å². The number of benzene rings is 1. The van der Waals surface area contributed by atoms with Gasteiger partial charge in [0.15, 0.2) is 11.5 Å². The normalized spacial score (nSPS) is 10.1. The maximum absolute atomic E-state index is 8.67. The molecule has 0 saturated carbocycles. The van der Waals surface area contributed by atoms with Crippen LogP contribution in [0.2, 0.25) is 0 Å². The van der Waals surface area contributed by atoms with Crippen molar-refractivity contribution in [1.82, 2.24) is 5.12 Å². The first-order valence-electron chi connectivity index (χ1n) is 3.79. The summed E-state index contributed by atoms with van der Waals surface area (Å²) in [5.41, 5.74) is 4.92. The second-order valence-corrected chi connectivity index (χ2v) is 2.38. The fourth-order valence-corrected chi connectivity index (χ4v) is 0.531. The Kier molecular flexibility index (Phi) is 5.37. The molecule has 8 heteroatoms. The van der Waals surface area contributed by atoms with Crippen molar-refractivity contribution in [3.05, 3.63) is 24.3 Å². The Balaban J connectivity index is 0.000000265. The van der Waals surface area contributed by atoms with Crippen molar-refractivity contribution >= 4 is 5.96 Å². The van der Waals surface area contributed by atoms with Crippen LogP contribution in [0.4, 0.5) is 0 Å². The minimum absolute atomic E-state index is 0.0764. The summed E-state index contributed by atoms with van der Waals surface area (Å²) in [6.45, 7) is 0. The first kappa shape index (κ1) is 12.8. The van der Waals surface area contributed by atoms with Crippen LogP contribution < -0.4 is 23.3 Å². The maximum Gasteiger partial charge on any atom is 0.242 e. The average molecular weight is 214 g/mol. The molecule has 0 amide bonds. The van der Waals surface area contributed by atoms with E-state index >= 15 is 0 Å². The molecule has 0 aliphatic rings. The van der Waals surface area contributed by atoms with Crippen LogP contribution in [-0.2, 0) is 0 Å². The van der Waals surface area contributed by atoms with Gasteiger partial charge < -0.3 is 21.8 Å². The molecule has 0 fully saturated rings. The summed E-state index contributed by atoms with van der Waals surface area (Å²) in [7, 11) is 0. The Morgan fingerprint density at radius 2 is 1.53 bits per heavy atom. The van der Waals surface area contributed by atoms with Crippen LogP contribution in [0.15, 0.2) is 29.4 Å². The van der Waals surface area contributed by atoms with E-state index < -0.39 is 0 Å². The Hall–Kier alpha value is -2.19. The predicted molar refractivity (Wildman–Crippen MR) is 55.8 cm³/mol. The number of para-hydroxylation sites is 2. The predicted octanol–water partition coefficient (Wildman–Crippen LogP) is -1.68. The molecule has 0 aliphatic heterocycles. The lowest BCUT2D eigenvalue weighted by Gasteiger charge is -2.06. The van der Waals surface area contributed by atoms with Crippen molar-refractivity contribution in [3.8, 4) is 11.5 Å². The van der Waals surface area contributed by atoms with Crippen LogP contribution in [-0.4, -0.2) is 21.3 Å². The van der Waals surface area contributed by atoms with E-state index in [2.05, 4.69) is 10.9 Å². The smallest absolute Gasteiger partial charge is 0.242 e. The highest BCUT2D eigenvalue weighted by atomic mass is 16.3. The third-order valence-electron chi connectivity index (χ3n) is 1.28. The van der Waals surface area contributed by atoms with Gasteiger partial charge in [0.05, 0.1) is 0 Å².